The maximum absolute atomic E-state index is 12.1. The van der Waals surface area contributed by atoms with Gasteiger partial charge in [-0.25, -0.2) is 0 Å². The number of nitrogens with one attached hydrogen (secondary N) is 3. The molecule has 1 aliphatic rings. The lowest BCUT2D eigenvalue weighted by atomic mass is 10.0. The molecule has 2 rings (SSSR count). The third-order valence-electron chi connectivity index (χ3n) is 3.67. The fourth-order valence-electron chi connectivity index (χ4n) is 2.58. The second kappa shape index (κ2) is 9.62. The van der Waals surface area contributed by atoms with Crippen LogP contribution in [0.2, 0.25) is 0 Å². The van der Waals surface area contributed by atoms with Gasteiger partial charge in [0, 0.05) is 18.8 Å². The number of rotatable bonds is 6. The zero-order valence-electron chi connectivity index (χ0n) is 13.4. The topological polar surface area (TPSA) is 56.4 Å². The van der Waals surface area contributed by atoms with E-state index in [4.69, 9.17) is 12.2 Å². The number of thioether (sulfide) groups is 1. The first-order valence-electron chi connectivity index (χ1n) is 7.85. The zero-order chi connectivity index (χ0) is 16.5. The van der Waals surface area contributed by atoms with Gasteiger partial charge in [-0.2, -0.15) is 11.8 Å². The van der Waals surface area contributed by atoms with E-state index in [1.165, 1.54) is 5.56 Å². The van der Waals surface area contributed by atoms with E-state index in [1.54, 1.807) is 11.8 Å². The maximum atomic E-state index is 12.1. The number of carbonyl (C=O) groups excluding carboxylic acids is 1. The highest BCUT2D eigenvalue weighted by atomic mass is 32.2. The summed E-state index contributed by atoms with van der Waals surface area (Å²) in [6, 6.07) is 8.27. The van der Waals surface area contributed by atoms with Crippen molar-refractivity contribution >= 4 is 40.7 Å². The Morgan fingerprint density at radius 1 is 1.35 bits per heavy atom. The molecule has 1 heterocycles. The largest absolute Gasteiger partial charge is 0.362 e. The number of thiocarbonyl (C=S) groups is 1. The van der Waals surface area contributed by atoms with Crippen molar-refractivity contribution in [2.75, 3.05) is 36.5 Å². The van der Waals surface area contributed by atoms with Crippen molar-refractivity contribution in [2.45, 2.75) is 19.3 Å². The summed E-state index contributed by atoms with van der Waals surface area (Å²) in [6.45, 7) is 2.04. The molecule has 0 radical (unpaired) electrons. The Hall–Kier alpha value is -1.47. The van der Waals surface area contributed by atoms with E-state index in [9.17, 15) is 4.79 Å². The molecule has 0 saturated carbocycles. The summed E-state index contributed by atoms with van der Waals surface area (Å²) >= 11 is 6.94. The van der Waals surface area contributed by atoms with Gasteiger partial charge in [-0.15, -0.1) is 0 Å². The highest BCUT2D eigenvalue weighted by Crippen LogP contribution is 2.25. The number of amides is 1. The number of aryl methyl sites for hydroxylation is 1. The van der Waals surface area contributed by atoms with E-state index >= 15 is 0 Å². The molecular formula is C16H24N4OS2. The van der Waals surface area contributed by atoms with Crippen molar-refractivity contribution in [2.24, 2.45) is 0 Å². The normalized spacial score (nSPS) is 13.2. The molecule has 0 atom stereocenters. The molecule has 0 unspecified atom stereocenters. The summed E-state index contributed by atoms with van der Waals surface area (Å²) < 4.78 is 0. The summed E-state index contributed by atoms with van der Waals surface area (Å²) in [5, 5.41) is 3.53. The second-order valence-corrected chi connectivity index (χ2v) is 6.82. The van der Waals surface area contributed by atoms with Crippen molar-refractivity contribution in [3.8, 4) is 0 Å². The fourth-order valence-corrected chi connectivity index (χ4v) is 3.16. The molecule has 1 aromatic carbocycles. The highest BCUT2D eigenvalue weighted by Gasteiger charge is 2.18. The lowest BCUT2D eigenvalue weighted by Crippen LogP contribution is -2.50. The van der Waals surface area contributed by atoms with Crippen molar-refractivity contribution in [1.29, 1.82) is 0 Å². The molecule has 0 saturated heterocycles. The average Bonchev–Trinajstić information content (AvgIpc) is 2.57. The quantitative estimate of drug-likeness (QED) is 0.412. The van der Waals surface area contributed by atoms with Gasteiger partial charge in [-0.05, 0) is 55.1 Å². The minimum atomic E-state index is -0.0880. The minimum absolute atomic E-state index is 0.0880. The van der Waals surface area contributed by atoms with Gasteiger partial charge >= 0.3 is 0 Å². The van der Waals surface area contributed by atoms with Gasteiger partial charge in [0.15, 0.2) is 5.11 Å². The Labute approximate surface area is 147 Å². The first kappa shape index (κ1) is 17.9. The Bertz CT molecular complexity index is 539. The second-order valence-electron chi connectivity index (χ2n) is 5.43. The van der Waals surface area contributed by atoms with Gasteiger partial charge in [0.1, 0.15) is 0 Å². The monoisotopic (exact) mass is 352 g/mol. The molecular weight excluding hydrogens is 328 g/mol. The van der Waals surface area contributed by atoms with E-state index in [-0.39, 0.29) is 5.91 Å². The van der Waals surface area contributed by atoms with Crippen molar-refractivity contribution in [1.82, 2.24) is 16.2 Å². The molecule has 7 heteroatoms. The van der Waals surface area contributed by atoms with Crippen LogP contribution in [-0.2, 0) is 11.2 Å². The number of hydrogen-bond acceptors (Lipinski definition) is 4. The van der Waals surface area contributed by atoms with Crippen molar-refractivity contribution < 1.29 is 4.79 Å². The SMILES string of the molecule is CSCCCNC(=S)NNC(=O)CN1CCCc2ccccc21. The third-order valence-corrected chi connectivity index (χ3v) is 4.61. The molecule has 23 heavy (non-hydrogen) atoms. The first-order chi connectivity index (χ1) is 11.2. The lowest BCUT2D eigenvalue weighted by molar-refractivity contribution is -0.120. The molecule has 3 N–H and O–H groups in total. The molecule has 0 aromatic heterocycles. The van der Waals surface area contributed by atoms with Crippen LogP contribution in [0.1, 0.15) is 18.4 Å². The van der Waals surface area contributed by atoms with Crippen LogP contribution < -0.4 is 21.1 Å². The first-order valence-corrected chi connectivity index (χ1v) is 9.65. The van der Waals surface area contributed by atoms with E-state index < -0.39 is 0 Å². The van der Waals surface area contributed by atoms with Crippen LogP contribution in [0.15, 0.2) is 24.3 Å². The zero-order valence-corrected chi connectivity index (χ0v) is 15.1. The predicted molar refractivity (Wildman–Crippen MR) is 102 cm³/mol. The summed E-state index contributed by atoms with van der Waals surface area (Å²) in [6.07, 6.45) is 5.28. The van der Waals surface area contributed by atoms with Crippen LogP contribution in [0.4, 0.5) is 5.69 Å². The van der Waals surface area contributed by atoms with E-state index in [0.717, 1.165) is 43.8 Å². The van der Waals surface area contributed by atoms with Crippen molar-refractivity contribution in [3.63, 3.8) is 0 Å². The maximum Gasteiger partial charge on any atom is 0.257 e. The van der Waals surface area contributed by atoms with Crippen LogP contribution in [0.25, 0.3) is 0 Å². The van der Waals surface area contributed by atoms with Gasteiger partial charge in [0.05, 0.1) is 6.54 Å². The van der Waals surface area contributed by atoms with Gasteiger partial charge in [-0.1, -0.05) is 18.2 Å². The summed E-state index contributed by atoms with van der Waals surface area (Å²) in [7, 11) is 0. The number of fused-ring (bicyclic) bond motifs is 1. The molecule has 0 spiro atoms. The number of carbonyl (C=O) groups is 1. The average molecular weight is 353 g/mol. The van der Waals surface area contributed by atoms with E-state index in [0.29, 0.717) is 11.7 Å². The van der Waals surface area contributed by atoms with Crippen LogP contribution in [0.5, 0.6) is 0 Å². The van der Waals surface area contributed by atoms with Crippen LogP contribution in [0.3, 0.4) is 0 Å². The fraction of sp³-hybridized carbons (Fsp3) is 0.500. The minimum Gasteiger partial charge on any atom is -0.362 e. The number of benzene rings is 1. The highest BCUT2D eigenvalue weighted by molar-refractivity contribution is 7.98. The summed E-state index contributed by atoms with van der Waals surface area (Å²) in [5.74, 6) is 1.01. The molecule has 1 aliphatic heterocycles. The van der Waals surface area contributed by atoms with E-state index in [1.807, 2.05) is 12.1 Å². The predicted octanol–water partition coefficient (Wildman–Crippen LogP) is 1.69. The summed E-state index contributed by atoms with van der Waals surface area (Å²) in [5.41, 5.74) is 7.89. The van der Waals surface area contributed by atoms with Gasteiger partial charge in [0.2, 0.25) is 0 Å². The molecule has 126 valence electrons. The molecule has 0 bridgehead atoms. The Balaban J connectivity index is 1.72. The number of para-hydroxylation sites is 1. The van der Waals surface area contributed by atoms with Crippen molar-refractivity contribution in [3.05, 3.63) is 29.8 Å². The molecule has 1 aromatic rings. The smallest absolute Gasteiger partial charge is 0.257 e. The number of hydrazine groups is 1. The van der Waals surface area contributed by atoms with Gasteiger partial charge < -0.3 is 10.2 Å². The number of hydrogen-bond donors (Lipinski definition) is 3. The third kappa shape index (κ3) is 5.91. The Morgan fingerprint density at radius 3 is 3.00 bits per heavy atom. The molecule has 0 aliphatic carbocycles. The Morgan fingerprint density at radius 2 is 2.17 bits per heavy atom. The number of anilines is 1. The van der Waals surface area contributed by atoms with Crippen LogP contribution >= 0.6 is 24.0 Å². The number of nitrogens with zero attached hydrogens (tertiary/aromatic N) is 1. The molecule has 0 fully saturated rings. The van der Waals surface area contributed by atoms with Crippen LogP contribution in [-0.4, -0.2) is 42.7 Å². The molecule has 1 amide bonds. The van der Waals surface area contributed by atoms with E-state index in [2.05, 4.69) is 39.5 Å². The molecule has 5 nitrogen and oxygen atoms in total. The summed E-state index contributed by atoms with van der Waals surface area (Å²) in [4.78, 5) is 14.2. The van der Waals surface area contributed by atoms with Gasteiger partial charge in [0.25, 0.3) is 5.91 Å². The Kier molecular flexibility index (Phi) is 7.48. The van der Waals surface area contributed by atoms with Crippen LogP contribution in [0, 0.1) is 0 Å². The standard InChI is InChI=1S/C16H24N4OS2/c1-23-11-5-9-17-16(22)19-18-15(21)12-20-10-4-7-13-6-2-3-8-14(13)20/h2-3,6,8H,4-5,7,9-12H2,1H3,(H,18,21)(H2,17,19,22). The van der Waals surface area contributed by atoms with Gasteiger partial charge in [-0.3, -0.25) is 15.6 Å². The lowest BCUT2D eigenvalue weighted by Gasteiger charge is -2.30.